The topological polar surface area (TPSA) is 55.1 Å². The molecule has 0 bridgehead atoms. The van der Waals surface area contributed by atoms with Crippen LogP contribution in [0.15, 0.2) is 6.07 Å². The summed E-state index contributed by atoms with van der Waals surface area (Å²) in [4.78, 5) is 15.1. The molecule has 1 saturated carbocycles. The van der Waals surface area contributed by atoms with E-state index in [0.29, 0.717) is 35.5 Å². The number of carbonyl (C=O) groups excluding carboxylic acids is 1. The monoisotopic (exact) mass is 438 g/mol. The second kappa shape index (κ2) is 10.7. The fourth-order valence-corrected chi connectivity index (χ4v) is 3.67. The molecule has 6 heteroatoms. The van der Waals surface area contributed by atoms with Crippen molar-refractivity contribution in [1.29, 1.82) is 0 Å². The number of fused-ring (bicyclic) bond motifs is 1. The number of benzene rings is 1. The third-order valence-electron chi connectivity index (χ3n) is 5.22. The normalized spacial score (nSPS) is 14.3. The average Bonchev–Trinajstić information content (AvgIpc) is 2.89. The largest absolute Gasteiger partial charge is 0.386 e. The number of rotatable bonds is 4. The molecule has 0 saturated heterocycles. The van der Waals surface area contributed by atoms with Crippen molar-refractivity contribution in [1.82, 2.24) is 9.55 Å². The van der Waals surface area contributed by atoms with Crippen molar-refractivity contribution in [2.75, 3.05) is 0 Å². The SMILES string of the molecule is CC.CCC(=O)CC(C)(C)C.Cc1nc2cc(F)c(C(C)(C)O)c(F)c2n1C1CCC1. The minimum Gasteiger partial charge on any atom is -0.386 e. The molecule has 1 aromatic carbocycles. The summed E-state index contributed by atoms with van der Waals surface area (Å²) in [5, 5.41) is 10.0. The molecule has 0 unspecified atom stereocenters. The van der Waals surface area contributed by atoms with Crippen LogP contribution in [0.1, 0.15) is 105 Å². The lowest BCUT2D eigenvalue weighted by atomic mass is 9.89. The zero-order valence-corrected chi connectivity index (χ0v) is 20.7. The van der Waals surface area contributed by atoms with Gasteiger partial charge in [-0.3, -0.25) is 4.79 Å². The smallest absolute Gasteiger partial charge is 0.158 e. The first-order valence-corrected chi connectivity index (χ1v) is 11.4. The third kappa shape index (κ3) is 6.83. The van der Waals surface area contributed by atoms with Crippen LogP contribution in [0.3, 0.4) is 0 Å². The lowest BCUT2D eigenvalue weighted by Crippen LogP contribution is -2.22. The Kier molecular flexibility index (Phi) is 9.36. The van der Waals surface area contributed by atoms with Crippen molar-refractivity contribution < 1.29 is 18.7 Å². The molecule has 0 radical (unpaired) electrons. The van der Waals surface area contributed by atoms with Crippen LogP contribution >= 0.6 is 0 Å². The van der Waals surface area contributed by atoms with Gasteiger partial charge < -0.3 is 9.67 Å². The van der Waals surface area contributed by atoms with Crippen molar-refractivity contribution in [3.63, 3.8) is 0 Å². The van der Waals surface area contributed by atoms with Crippen LogP contribution < -0.4 is 0 Å². The van der Waals surface area contributed by atoms with E-state index in [1.165, 1.54) is 19.9 Å². The van der Waals surface area contributed by atoms with Crippen molar-refractivity contribution in [3.05, 3.63) is 29.1 Å². The van der Waals surface area contributed by atoms with E-state index in [1.807, 2.05) is 25.3 Å². The molecule has 2 aromatic rings. The number of aromatic nitrogens is 2. The highest BCUT2D eigenvalue weighted by Crippen LogP contribution is 2.38. The summed E-state index contributed by atoms with van der Waals surface area (Å²) in [5.74, 6) is -0.390. The number of Topliss-reactive ketones (excluding diaryl/α,β-unsaturated/α-hetero) is 1. The first-order chi connectivity index (χ1) is 14.3. The fourth-order valence-electron chi connectivity index (χ4n) is 3.67. The summed E-state index contributed by atoms with van der Waals surface area (Å²) in [7, 11) is 0. The molecule has 31 heavy (non-hydrogen) atoms. The summed E-state index contributed by atoms with van der Waals surface area (Å²) in [5.41, 5.74) is -1.05. The predicted molar refractivity (Wildman–Crippen MR) is 123 cm³/mol. The van der Waals surface area contributed by atoms with Crippen LogP contribution in [0.25, 0.3) is 11.0 Å². The Hall–Kier alpha value is -1.82. The fraction of sp³-hybridized carbons (Fsp3) is 0.680. The molecule has 1 aliphatic rings. The van der Waals surface area contributed by atoms with Crippen LogP contribution in [-0.4, -0.2) is 20.4 Å². The summed E-state index contributed by atoms with van der Waals surface area (Å²) < 4.78 is 30.7. The van der Waals surface area contributed by atoms with Crippen molar-refractivity contribution in [3.8, 4) is 0 Å². The number of halogens is 2. The third-order valence-corrected chi connectivity index (χ3v) is 5.22. The van der Waals surface area contributed by atoms with E-state index in [-0.39, 0.29) is 17.0 Å². The average molecular weight is 439 g/mol. The quantitative estimate of drug-likeness (QED) is 0.559. The number of hydrogen-bond acceptors (Lipinski definition) is 3. The van der Waals surface area contributed by atoms with Gasteiger partial charge in [0.1, 0.15) is 22.9 Å². The molecule has 0 atom stereocenters. The molecule has 0 aliphatic heterocycles. The Morgan fingerprint density at radius 2 is 1.74 bits per heavy atom. The summed E-state index contributed by atoms with van der Waals surface area (Å²) in [6.45, 7) is 16.7. The Balaban J connectivity index is 0.000000372. The number of aryl methyl sites for hydroxylation is 1. The Labute approximate surface area is 186 Å². The van der Waals surface area contributed by atoms with Gasteiger partial charge >= 0.3 is 0 Å². The standard InChI is InChI=1S/C15H18F2N2O.C8H16O.C2H6/c1-8-18-11-7-10(16)12(15(2,3)20)13(17)14(11)19(8)9-5-4-6-9;1-5-7(9)6-8(2,3)4;1-2/h7,9,20H,4-6H2,1-3H3;5-6H2,1-4H3;1-2H3. The van der Waals surface area contributed by atoms with E-state index in [2.05, 4.69) is 25.8 Å². The summed E-state index contributed by atoms with van der Waals surface area (Å²) in [6, 6.07) is 1.45. The van der Waals surface area contributed by atoms with Crippen LogP contribution in [-0.2, 0) is 10.4 Å². The van der Waals surface area contributed by atoms with Gasteiger partial charge in [-0.05, 0) is 45.4 Å². The van der Waals surface area contributed by atoms with Gasteiger partial charge in [0.25, 0.3) is 0 Å². The highest BCUT2D eigenvalue weighted by atomic mass is 19.1. The second-order valence-electron chi connectivity index (χ2n) is 9.72. The van der Waals surface area contributed by atoms with E-state index in [0.717, 1.165) is 19.3 Å². The van der Waals surface area contributed by atoms with Crippen LogP contribution in [0, 0.1) is 24.0 Å². The minimum absolute atomic E-state index is 0.174. The highest BCUT2D eigenvalue weighted by molar-refractivity contribution is 5.79. The molecular weight excluding hydrogens is 398 g/mol. The predicted octanol–water partition coefficient (Wildman–Crippen LogP) is 7.00. The number of hydrogen-bond donors (Lipinski definition) is 1. The summed E-state index contributed by atoms with van der Waals surface area (Å²) >= 11 is 0. The number of aliphatic hydroxyl groups is 1. The molecule has 176 valence electrons. The van der Waals surface area contributed by atoms with E-state index < -0.39 is 17.2 Å². The first-order valence-electron chi connectivity index (χ1n) is 11.4. The van der Waals surface area contributed by atoms with Crippen LogP contribution in [0.5, 0.6) is 0 Å². The zero-order chi connectivity index (χ0) is 24.1. The van der Waals surface area contributed by atoms with Crippen molar-refractivity contribution in [2.45, 2.75) is 106 Å². The summed E-state index contributed by atoms with van der Waals surface area (Å²) in [6.07, 6.45) is 4.48. The molecule has 1 aliphatic carbocycles. The molecule has 0 spiro atoms. The minimum atomic E-state index is -1.56. The Morgan fingerprint density at radius 1 is 1.19 bits per heavy atom. The van der Waals surface area contributed by atoms with Crippen molar-refractivity contribution >= 4 is 16.8 Å². The van der Waals surface area contributed by atoms with Crippen LogP contribution in [0.2, 0.25) is 0 Å². The number of ketones is 1. The van der Waals surface area contributed by atoms with Gasteiger partial charge in [0.2, 0.25) is 0 Å². The zero-order valence-electron chi connectivity index (χ0n) is 20.7. The molecule has 1 N–H and O–H groups in total. The maximum atomic E-state index is 14.8. The molecule has 1 heterocycles. The van der Waals surface area contributed by atoms with Crippen molar-refractivity contribution in [2.24, 2.45) is 5.41 Å². The van der Waals surface area contributed by atoms with E-state index in [4.69, 9.17) is 0 Å². The van der Waals surface area contributed by atoms with E-state index in [1.54, 1.807) is 6.92 Å². The maximum Gasteiger partial charge on any atom is 0.158 e. The van der Waals surface area contributed by atoms with Gasteiger partial charge in [0.15, 0.2) is 5.82 Å². The van der Waals surface area contributed by atoms with Gasteiger partial charge in [-0.1, -0.05) is 41.5 Å². The lowest BCUT2D eigenvalue weighted by Gasteiger charge is -2.29. The molecular formula is C25H40F2N2O2. The highest BCUT2D eigenvalue weighted by Gasteiger charge is 2.31. The van der Waals surface area contributed by atoms with Crippen LogP contribution in [0.4, 0.5) is 8.78 Å². The molecule has 4 nitrogen and oxygen atoms in total. The first kappa shape index (κ1) is 27.2. The molecule has 1 fully saturated rings. The molecule has 0 amide bonds. The number of carbonyl (C=O) groups is 1. The molecule has 1 aromatic heterocycles. The number of imidazole rings is 1. The van der Waals surface area contributed by atoms with E-state index >= 15 is 0 Å². The Bertz CT molecular complexity index is 886. The van der Waals surface area contributed by atoms with Gasteiger partial charge in [-0.25, -0.2) is 13.8 Å². The van der Waals surface area contributed by atoms with Gasteiger partial charge in [0.05, 0.1) is 16.7 Å². The van der Waals surface area contributed by atoms with E-state index in [9.17, 15) is 18.7 Å². The molecule has 3 rings (SSSR count). The second-order valence-corrected chi connectivity index (χ2v) is 9.72. The number of nitrogens with zero attached hydrogens (tertiary/aromatic N) is 2. The van der Waals surface area contributed by atoms with Gasteiger partial charge in [0, 0.05) is 24.9 Å². The van der Waals surface area contributed by atoms with Gasteiger partial charge in [-0.2, -0.15) is 0 Å². The maximum absolute atomic E-state index is 14.8. The van der Waals surface area contributed by atoms with Gasteiger partial charge in [-0.15, -0.1) is 0 Å². The Morgan fingerprint density at radius 3 is 2.10 bits per heavy atom. The lowest BCUT2D eigenvalue weighted by molar-refractivity contribution is -0.120.